The number of nitrogens with zero attached hydrogens (tertiary/aromatic N) is 1. The Kier molecular flexibility index (Phi) is 5.81. The van der Waals surface area contributed by atoms with Gasteiger partial charge in [0.15, 0.2) is 16.6 Å². The summed E-state index contributed by atoms with van der Waals surface area (Å²) in [6, 6.07) is 3.50. The van der Waals surface area contributed by atoms with Crippen molar-refractivity contribution in [2.24, 2.45) is 5.10 Å². The Labute approximate surface area is 118 Å². The minimum Gasteiger partial charge on any atom is -0.504 e. The fourth-order valence-electron chi connectivity index (χ4n) is 1.45. The average molecular weight is 279 g/mol. The van der Waals surface area contributed by atoms with E-state index in [2.05, 4.69) is 22.4 Å². The molecule has 0 aliphatic heterocycles. The van der Waals surface area contributed by atoms with Gasteiger partial charge < -0.3 is 15.2 Å². The van der Waals surface area contributed by atoms with Crippen molar-refractivity contribution < 1.29 is 9.84 Å². The van der Waals surface area contributed by atoms with Gasteiger partial charge in [0.25, 0.3) is 0 Å². The zero-order valence-corrected chi connectivity index (χ0v) is 11.8. The average Bonchev–Trinajstić information content (AvgIpc) is 2.42. The molecule has 6 heteroatoms. The van der Waals surface area contributed by atoms with Crippen molar-refractivity contribution in [3.05, 3.63) is 35.9 Å². The number of ether oxygens (including phenoxy) is 1. The van der Waals surface area contributed by atoms with Gasteiger partial charge in [-0.3, -0.25) is 5.43 Å². The van der Waals surface area contributed by atoms with E-state index in [1.165, 1.54) is 7.11 Å². The predicted octanol–water partition coefficient (Wildman–Crippen LogP) is 1.56. The third-order valence-corrected chi connectivity index (χ3v) is 2.66. The molecule has 0 aliphatic carbocycles. The van der Waals surface area contributed by atoms with Gasteiger partial charge in [-0.25, -0.2) is 0 Å². The summed E-state index contributed by atoms with van der Waals surface area (Å²) in [5.74, 6) is 0.523. The number of phenols is 1. The van der Waals surface area contributed by atoms with Crippen LogP contribution in [0.15, 0.2) is 29.9 Å². The van der Waals surface area contributed by atoms with Gasteiger partial charge in [-0.15, -0.1) is 6.58 Å². The van der Waals surface area contributed by atoms with E-state index in [0.717, 1.165) is 11.1 Å². The normalized spacial score (nSPS) is 10.2. The molecule has 0 amide bonds. The first-order valence-electron chi connectivity index (χ1n) is 5.64. The number of hydrogen-bond donors (Lipinski definition) is 3. The van der Waals surface area contributed by atoms with Crippen LogP contribution in [0.4, 0.5) is 0 Å². The fraction of sp³-hybridized carbons (Fsp3) is 0.231. The molecular formula is C13H17N3O2S. The Morgan fingerprint density at radius 3 is 2.89 bits per heavy atom. The largest absolute Gasteiger partial charge is 0.504 e. The Hall–Kier alpha value is -2.08. The van der Waals surface area contributed by atoms with Gasteiger partial charge in [-0.05, 0) is 36.3 Å². The molecule has 1 aromatic carbocycles. The summed E-state index contributed by atoms with van der Waals surface area (Å²) in [6.07, 6.45) is 3.86. The maximum Gasteiger partial charge on any atom is 0.186 e. The van der Waals surface area contributed by atoms with Crippen molar-refractivity contribution in [1.29, 1.82) is 0 Å². The predicted molar refractivity (Wildman–Crippen MR) is 80.9 cm³/mol. The van der Waals surface area contributed by atoms with Crippen LogP contribution in [-0.4, -0.2) is 30.6 Å². The van der Waals surface area contributed by atoms with Crippen molar-refractivity contribution in [2.45, 2.75) is 6.42 Å². The van der Waals surface area contributed by atoms with Gasteiger partial charge in [-0.1, -0.05) is 6.08 Å². The Bertz CT molecular complexity index is 501. The van der Waals surface area contributed by atoms with Crippen LogP contribution < -0.4 is 15.5 Å². The molecule has 0 unspecified atom stereocenters. The van der Waals surface area contributed by atoms with Crippen molar-refractivity contribution in [3.8, 4) is 11.5 Å². The van der Waals surface area contributed by atoms with Gasteiger partial charge in [-0.2, -0.15) is 5.10 Å². The quantitative estimate of drug-likeness (QED) is 0.330. The van der Waals surface area contributed by atoms with Gasteiger partial charge in [0.1, 0.15) is 0 Å². The summed E-state index contributed by atoms with van der Waals surface area (Å²) in [4.78, 5) is 0. The lowest BCUT2D eigenvalue weighted by Crippen LogP contribution is -2.28. The monoisotopic (exact) mass is 279 g/mol. The Morgan fingerprint density at radius 2 is 2.32 bits per heavy atom. The molecule has 0 spiro atoms. The topological polar surface area (TPSA) is 65.9 Å². The third-order valence-electron chi connectivity index (χ3n) is 2.37. The number of thiocarbonyl (C=S) groups is 1. The standard InChI is InChI=1S/C13H17N3O2S/c1-4-5-10-6-9(7-11(18-3)12(10)17)8-15-16-13(19)14-2/h4,6-8,17H,1,5H2,2-3H3,(H2,14,16,19)/b15-8+. The molecule has 0 atom stereocenters. The first kappa shape index (κ1) is 15.0. The molecule has 0 saturated heterocycles. The first-order valence-corrected chi connectivity index (χ1v) is 6.04. The molecule has 102 valence electrons. The van der Waals surface area contributed by atoms with E-state index < -0.39 is 0 Å². The van der Waals surface area contributed by atoms with Gasteiger partial charge in [0.2, 0.25) is 0 Å². The smallest absolute Gasteiger partial charge is 0.186 e. The molecule has 5 nitrogen and oxygen atoms in total. The van der Waals surface area contributed by atoms with Crippen molar-refractivity contribution in [2.75, 3.05) is 14.2 Å². The minimum absolute atomic E-state index is 0.123. The van der Waals surface area contributed by atoms with Crippen LogP contribution in [0.5, 0.6) is 11.5 Å². The molecule has 0 aromatic heterocycles. The highest BCUT2D eigenvalue weighted by Gasteiger charge is 2.08. The summed E-state index contributed by atoms with van der Waals surface area (Å²) in [5, 5.41) is 17.1. The van der Waals surface area contributed by atoms with Crippen LogP contribution in [0.1, 0.15) is 11.1 Å². The fourth-order valence-corrected chi connectivity index (χ4v) is 1.50. The van der Waals surface area contributed by atoms with Crippen LogP contribution >= 0.6 is 12.2 Å². The second-order valence-electron chi connectivity index (χ2n) is 3.67. The van der Waals surface area contributed by atoms with E-state index in [4.69, 9.17) is 17.0 Å². The highest BCUT2D eigenvalue weighted by Crippen LogP contribution is 2.31. The maximum absolute atomic E-state index is 9.93. The number of hydrazone groups is 1. The lowest BCUT2D eigenvalue weighted by atomic mass is 10.1. The van der Waals surface area contributed by atoms with Crippen molar-refractivity contribution >= 4 is 23.5 Å². The molecule has 1 rings (SSSR count). The molecule has 0 aliphatic rings. The number of aromatic hydroxyl groups is 1. The third kappa shape index (κ3) is 4.26. The molecule has 0 bridgehead atoms. The molecule has 0 fully saturated rings. The summed E-state index contributed by atoms with van der Waals surface area (Å²) in [5.41, 5.74) is 4.17. The van der Waals surface area contributed by atoms with Crippen LogP contribution in [0.3, 0.4) is 0 Å². The number of methoxy groups -OCH3 is 1. The van der Waals surface area contributed by atoms with Crippen LogP contribution in [0.25, 0.3) is 0 Å². The molecule has 0 radical (unpaired) electrons. The minimum atomic E-state index is 0.123. The lowest BCUT2D eigenvalue weighted by molar-refractivity contribution is 0.371. The van der Waals surface area contributed by atoms with E-state index in [1.807, 2.05) is 6.07 Å². The van der Waals surface area contributed by atoms with E-state index in [9.17, 15) is 5.11 Å². The summed E-state index contributed by atoms with van der Waals surface area (Å²) in [6.45, 7) is 3.66. The molecule has 0 saturated carbocycles. The lowest BCUT2D eigenvalue weighted by Gasteiger charge is -2.09. The zero-order valence-electron chi connectivity index (χ0n) is 10.9. The van der Waals surface area contributed by atoms with Crippen molar-refractivity contribution in [3.63, 3.8) is 0 Å². The SMILES string of the molecule is C=CCc1cc(/C=N/NC(=S)NC)cc(OC)c1O. The molecule has 1 aromatic rings. The number of hydrogen-bond acceptors (Lipinski definition) is 4. The van der Waals surface area contributed by atoms with Crippen LogP contribution in [0.2, 0.25) is 0 Å². The van der Waals surface area contributed by atoms with Gasteiger partial charge in [0, 0.05) is 12.6 Å². The molecule has 0 heterocycles. The highest BCUT2D eigenvalue weighted by atomic mass is 32.1. The van der Waals surface area contributed by atoms with Crippen LogP contribution in [-0.2, 0) is 6.42 Å². The molecule has 19 heavy (non-hydrogen) atoms. The van der Waals surface area contributed by atoms with E-state index >= 15 is 0 Å². The summed E-state index contributed by atoms with van der Waals surface area (Å²) < 4.78 is 5.12. The van der Waals surface area contributed by atoms with E-state index in [0.29, 0.717) is 17.3 Å². The highest BCUT2D eigenvalue weighted by molar-refractivity contribution is 7.80. The number of allylic oxidation sites excluding steroid dienone is 1. The number of nitrogens with one attached hydrogen (secondary N) is 2. The van der Waals surface area contributed by atoms with Crippen molar-refractivity contribution in [1.82, 2.24) is 10.7 Å². The van der Waals surface area contributed by atoms with Crippen LogP contribution in [0, 0.1) is 0 Å². The first-order chi connectivity index (χ1) is 9.12. The van der Waals surface area contributed by atoms with E-state index in [-0.39, 0.29) is 5.75 Å². The Balaban J connectivity index is 2.97. The second kappa shape index (κ2) is 7.38. The molecular weight excluding hydrogens is 262 g/mol. The van der Waals surface area contributed by atoms with E-state index in [1.54, 1.807) is 25.4 Å². The summed E-state index contributed by atoms with van der Waals surface area (Å²) >= 11 is 4.89. The second-order valence-corrected chi connectivity index (χ2v) is 4.08. The van der Waals surface area contributed by atoms with Gasteiger partial charge >= 0.3 is 0 Å². The number of rotatable bonds is 5. The number of benzene rings is 1. The number of phenolic OH excluding ortho intramolecular Hbond substituents is 1. The molecule has 3 N–H and O–H groups in total. The maximum atomic E-state index is 9.93. The summed E-state index contributed by atoms with van der Waals surface area (Å²) in [7, 11) is 3.21. The van der Waals surface area contributed by atoms with Gasteiger partial charge in [0.05, 0.1) is 13.3 Å². The Morgan fingerprint density at radius 1 is 1.58 bits per heavy atom. The zero-order chi connectivity index (χ0) is 14.3.